The molecule has 0 spiro atoms. The fourth-order valence-electron chi connectivity index (χ4n) is 0.983. The molecule has 0 rings (SSSR count). The van der Waals surface area contributed by atoms with Gasteiger partial charge in [-0.3, -0.25) is 4.79 Å². The van der Waals surface area contributed by atoms with Gasteiger partial charge in [0, 0.05) is 13.3 Å². The summed E-state index contributed by atoms with van der Waals surface area (Å²) in [6.07, 6.45) is -0.304. The molecule has 0 atom stereocenters. The smallest absolute Gasteiger partial charge is 0.352 e. The molecule has 14 heavy (non-hydrogen) atoms. The lowest BCUT2D eigenvalue weighted by atomic mass is 10.1. The molecule has 0 aromatic rings. The summed E-state index contributed by atoms with van der Waals surface area (Å²) < 4.78 is 28.4. The van der Waals surface area contributed by atoms with Crippen molar-refractivity contribution in [2.75, 3.05) is 6.61 Å². The lowest BCUT2D eigenvalue weighted by molar-refractivity contribution is -0.224. The summed E-state index contributed by atoms with van der Waals surface area (Å²) in [6.45, 7) is 0.730. The third kappa shape index (κ3) is 11.3. The molecule has 0 aromatic carbocycles. The maximum atomic E-state index is 12.1. The van der Waals surface area contributed by atoms with Crippen LogP contribution in [0, 0.1) is 0 Å². The van der Waals surface area contributed by atoms with Gasteiger partial charge in [0.2, 0.25) is 0 Å². The van der Waals surface area contributed by atoms with Crippen molar-refractivity contribution in [2.45, 2.75) is 45.1 Å². The average Bonchev–Trinajstić information content (AvgIpc) is 2.00. The number of aliphatic carboxylic acids is 1. The molecule has 0 amide bonds. The van der Waals surface area contributed by atoms with E-state index in [4.69, 9.17) is 5.11 Å². The molecule has 84 valence electrons. The quantitative estimate of drug-likeness (QED) is 0.626. The van der Waals surface area contributed by atoms with Gasteiger partial charge < -0.3 is 9.84 Å². The summed E-state index contributed by atoms with van der Waals surface area (Å²) in [7, 11) is 0. The lowest BCUT2D eigenvalue weighted by Gasteiger charge is -2.10. The van der Waals surface area contributed by atoms with Crippen LogP contribution in [0.2, 0.25) is 0 Å². The van der Waals surface area contributed by atoms with E-state index < -0.39 is 12.1 Å². The Balaban J connectivity index is 3.11. The molecule has 0 aliphatic rings. The van der Waals surface area contributed by atoms with Crippen LogP contribution in [0.4, 0.5) is 8.78 Å². The Morgan fingerprint density at radius 2 is 1.86 bits per heavy atom. The van der Waals surface area contributed by atoms with Crippen molar-refractivity contribution in [3.05, 3.63) is 0 Å². The highest BCUT2D eigenvalue weighted by Crippen LogP contribution is 2.14. The van der Waals surface area contributed by atoms with E-state index in [-0.39, 0.29) is 13.0 Å². The zero-order chi connectivity index (χ0) is 11.0. The number of hydrogen-bond acceptors (Lipinski definition) is 2. The van der Waals surface area contributed by atoms with Gasteiger partial charge in [-0.15, -0.1) is 0 Å². The van der Waals surface area contributed by atoms with E-state index in [0.29, 0.717) is 19.8 Å². The number of carboxylic acid groups (broad SMARTS) is 1. The molecule has 0 heterocycles. The highest BCUT2D eigenvalue weighted by atomic mass is 19.3. The number of carbonyl (C=O) groups is 1. The lowest BCUT2D eigenvalue weighted by Crippen LogP contribution is -2.15. The van der Waals surface area contributed by atoms with E-state index >= 15 is 0 Å². The van der Waals surface area contributed by atoms with Gasteiger partial charge >= 0.3 is 12.1 Å². The summed E-state index contributed by atoms with van der Waals surface area (Å²) in [5.41, 5.74) is 0. The number of unbranched alkanes of at least 4 members (excludes halogenated alkanes) is 3. The van der Waals surface area contributed by atoms with Gasteiger partial charge in [0.05, 0.1) is 6.61 Å². The maximum absolute atomic E-state index is 12.1. The molecular formula is C9H16F2O3. The number of ether oxygens (including phenoxy) is 1. The second-order valence-corrected chi connectivity index (χ2v) is 3.21. The SMILES string of the molecule is CC(F)(F)OCCCCCCC(=O)O. The summed E-state index contributed by atoms with van der Waals surface area (Å²) in [5.74, 6) is -0.818. The normalized spacial score (nSPS) is 11.6. The largest absolute Gasteiger partial charge is 0.481 e. The van der Waals surface area contributed by atoms with E-state index in [2.05, 4.69) is 4.74 Å². The van der Waals surface area contributed by atoms with Crippen LogP contribution in [0.15, 0.2) is 0 Å². The number of hydrogen-bond donors (Lipinski definition) is 1. The van der Waals surface area contributed by atoms with Gasteiger partial charge in [0.1, 0.15) is 0 Å². The van der Waals surface area contributed by atoms with Crippen LogP contribution >= 0.6 is 0 Å². The van der Waals surface area contributed by atoms with Gasteiger partial charge in [0.25, 0.3) is 0 Å². The number of rotatable bonds is 8. The molecular weight excluding hydrogens is 194 g/mol. The minimum atomic E-state index is -3.05. The molecule has 0 aliphatic heterocycles. The number of carboxylic acids is 1. The standard InChI is InChI=1S/C9H16F2O3/c1-9(10,11)14-7-5-3-2-4-6-8(12)13/h2-7H2,1H3,(H,12,13). The first kappa shape index (κ1) is 13.3. The molecule has 0 saturated carbocycles. The summed E-state index contributed by atoms with van der Waals surface area (Å²) >= 11 is 0. The summed E-state index contributed by atoms with van der Waals surface area (Å²) in [6, 6.07) is 0. The first-order valence-electron chi connectivity index (χ1n) is 4.65. The van der Waals surface area contributed by atoms with Gasteiger partial charge in [0.15, 0.2) is 0 Å². The highest BCUT2D eigenvalue weighted by Gasteiger charge is 2.20. The van der Waals surface area contributed by atoms with Gasteiger partial charge in [-0.2, -0.15) is 8.78 Å². The average molecular weight is 210 g/mol. The van der Waals surface area contributed by atoms with E-state index in [1.54, 1.807) is 0 Å². The Morgan fingerprint density at radius 1 is 1.29 bits per heavy atom. The summed E-state index contributed by atoms with van der Waals surface area (Å²) in [5, 5.41) is 8.30. The summed E-state index contributed by atoms with van der Waals surface area (Å²) in [4.78, 5) is 10.1. The Hall–Kier alpha value is -0.710. The van der Waals surface area contributed by atoms with E-state index in [1.807, 2.05) is 0 Å². The zero-order valence-corrected chi connectivity index (χ0v) is 8.26. The molecule has 0 bridgehead atoms. The Bertz CT molecular complexity index is 166. The van der Waals surface area contributed by atoms with Crippen LogP contribution < -0.4 is 0 Å². The van der Waals surface area contributed by atoms with Crippen molar-refractivity contribution in [3.63, 3.8) is 0 Å². The molecule has 1 N–H and O–H groups in total. The minimum Gasteiger partial charge on any atom is -0.481 e. The topological polar surface area (TPSA) is 46.5 Å². The first-order chi connectivity index (χ1) is 6.42. The van der Waals surface area contributed by atoms with Crippen LogP contribution in [0.3, 0.4) is 0 Å². The second-order valence-electron chi connectivity index (χ2n) is 3.21. The molecule has 5 heteroatoms. The van der Waals surface area contributed by atoms with Crippen molar-refractivity contribution < 1.29 is 23.4 Å². The van der Waals surface area contributed by atoms with Crippen LogP contribution in [-0.2, 0) is 9.53 Å². The third-order valence-electron chi connectivity index (χ3n) is 1.64. The van der Waals surface area contributed by atoms with Crippen molar-refractivity contribution in [1.82, 2.24) is 0 Å². The fourth-order valence-corrected chi connectivity index (χ4v) is 0.983. The number of halogens is 2. The van der Waals surface area contributed by atoms with Crippen molar-refractivity contribution in [3.8, 4) is 0 Å². The molecule has 3 nitrogen and oxygen atoms in total. The van der Waals surface area contributed by atoms with Crippen molar-refractivity contribution in [1.29, 1.82) is 0 Å². The van der Waals surface area contributed by atoms with Crippen molar-refractivity contribution in [2.24, 2.45) is 0 Å². The first-order valence-corrected chi connectivity index (χ1v) is 4.65. The Kier molecular flexibility index (Phi) is 6.36. The Labute approximate surface area is 82.1 Å². The minimum absolute atomic E-state index is 0.0244. The molecule has 0 saturated heterocycles. The highest BCUT2D eigenvalue weighted by molar-refractivity contribution is 5.66. The molecule has 0 aliphatic carbocycles. The zero-order valence-electron chi connectivity index (χ0n) is 8.26. The van der Waals surface area contributed by atoms with Gasteiger partial charge in [-0.1, -0.05) is 12.8 Å². The van der Waals surface area contributed by atoms with Crippen LogP contribution in [0.1, 0.15) is 39.0 Å². The van der Waals surface area contributed by atoms with E-state index in [0.717, 1.165) is 12.8 Å². The maximum Gasteiger partial charge on any atom is 0.352 e. The monoisotopic (exact) mass is 210 g/mol. The molecule has 0 unspecified atom stereocenters. The van der Waals surface area contributed by atoms with Gasteiger partial charge in [-0.05, 0) is 12.8 Å². The predicted octanol–water partition coefficient (Wildman–Crippen LogP) is 2.65. The van der Waals surface area contributed by atoms with Crippen LogP contribution in [-0.4, -0.2) is 23.8 Å². The van der Waals surface area contributed by atoms with Gasteiger partial charge in [-0.25, -0.2) is 0 Å². The van der Waals surface area contributed by atoms with Crippen LogP contribution in [0.25, 0.3) is 0 Å². The third-order valence-corrected chi connectivity index (χ3v) is 1.64. The second kappa shape index (κ2) is 6.70. The molecule has 0 fully saturated rings. The van der Waals surface area contributed by atoms with E-state index in [9.17, 15) is 13.6 Å². The van der Waals surface area contributed by atoms with Crippen molar-refractivity contribution >= 4 is 5.97 Å². The van der Waals surface area contributed by atoms with Crippen LogP contribution in [0.5, 0.6) is 0 Å². The molecule has 0 radical (unpaired) electrons. The number of alkyl halides is 2. The van der Waals surface area contributed by atoms with E-state index in [1.165, 1.54) is 0 Å². The fraction of sp³-hybridized carbons (Fsp3) is 0.889. The predicted molar refractivity (Wildman–Crippen MR) is 47.3 cm³/mol. The Morgan fingerprint density at radius 3 is 2.36 bits per heavy atom. The molecule has 0 aromatic heterocycles.